The highest BCUT2D eigenvalue weighted by molar-refractivity contribution is 7.17. The summed E-state index contributed by atoms with van der Waals surface area (Å²) in [6.45, 7) is 31.7. The van der Waals surface area contributed by atoms with Crippen LogP contribution >= 0.6 is 22.7 Å². The number of urea groups is 8. The summed E-state index contributed by atoms with van der Waals surface area (Å²) >= 11 is 3.22. The van der Waals surface area contributed by atoms with Gasteiger partial charge in [0.25, 0.3) is 0 Å². The summed E-state index contributed by atoms with van der Waals surface area (Å²) < 4.78 is 16.6. The molecule has 12 rings (SSSR count). The molecule has 7 aromatic carbocycles. The highest BCUT2D eigenvalue weighted by Crippen LogP contribution is 2.35. The number of fused-ring (bicyclic) bond motifs is 2. The van der Waals surface area contributed by atoms with Gasteiger partial charge in [0, 0.05) is 141 Å². The van der Waals surface area contributed by atoms with Gasteiger partial charge in [-0.3, -0.25) is 4.79 Å². The number of carbonyl (C=O) groups excluding carboxylic acids is 9. The van der Waals surface area contributed by atoms with Gasteiger partial charge < -0.3 is 109 Å². The van der Waals surface area contributed by atoms with Gasteiger partial charge in [-0.15, -0.1) is 11.3 Å². The van der Waals surface area contributed by atoms with Gasteiger partial charge in [0.1, 0.15) is 11.4 Å². The van der Waals surface area contributed by atoms with Crippen molar-refractivity contribution in [3.8, 4) is 33.8 Å². The summed E-state index contributed by atoms with van der Waals surface area (Å²) in [5, 5.41) is 59.0. The monoisotopic (exact) mass is 1980 g/mol. The third-order valence-corrected chi connectivity index (χ3v) is 23.0. The predicted molar refractivity (Wildman–Crippen MR) is 582 cm³/mol. The van der Waals surface area contributed by atoms with Crippen LogP contribution in [0.2, 0.25) is 0 Å². The van der Waals surface area contributed by atoms with Crippen molar-refractivity contribution in [3.05, 3.63) is 210 Å². The maximum absolute atomic E-state index is 11.9. The van der Waals surface area contributed by atoms with Gasteiger partial charge >= 0.3 is 48.2 Å². The van der Waals surface area contributed by atoms with E-state index in [0.29, 0.717) is 71.9 Å². The lowest BCUT2D eigenvalue weighted by atomic mass is 10.0. The second kappa shape index (κ2) is 74.6. The zero-order valence-electron chi connectivity index (χ0n) is 84.8. The molecule has 3 aromatic heterocycles. The third-order valence-electron chi connectivity index (χ3n) is 21.3. The van der Waals surface area contributed by atoms with Crippen LogP contribution in [0.3, 0.4) is 0 Å². The van der Waals surface area contributed by atoms with Gasteiger partial charge in [-0.2, -0.15) is 11.3 Å². The molecular formula is C108H157N19O12S2. The Balaban J connectivity index is 0.000000285. The lowest BCUT2D eigenvalue weighted by Gasteiger charge is -2.27. The van der Waals surface area contributed by atoms with E-state index < -0.39 is 0 Å². The maximum Gasteiger partial charge on any atom is 0.319 e. The molecule has 0 spiro atoms. The van der Waals surface area contributed by atoms with Crippen molar-refractivity contribution in [2.75, 3.05) is 128 Å². The third kappa shape index (κ3) is 53.0. The van der Waals surface area contributed by atoms with Crippen LogP contribution < -0.4 is 99.9 Å². The number of hydrogen-bond acceptors (Lipinski definition) is 16. The molecule has 17 N–H and O–H groups in total. The molecule has 0 saturated carbocycles. The molecule has 768 valence electrons. The minimum absolute atomic E-state index is 0.0996. The van der Waals surface area contributed by atoms with Gasteiger partial charge in [-0.1, -0.05) is 272 Å². The van der Waals surface area contributed by atoms with Crippen molar-refractivity contribution in [1.29, 1.82) is 0 Å². The number of benzene rings is 7. The lowest BCUT2D eigenvalue weighted by molar-refractivity contribution is -0.114. The number of anilines is 8. The van der Waals surface area contributed by atoms with Gasteiger partial charge in [-0.25, -0.2) is 38.4 Å². The standard InChI is InChI=1S/2C18H22N2O.C14H21N3O2.C14H18N2OS.C13H18N2O3.C11H19N3O2.C10H21N3O.C10H16N2OS/c1-2-3-9-14-19-18(21)20-17-13-8-7-12-16(17)15-10-5-4-6-11-15;1-2-3-7-14-19-18(21)20-17-12-10-16(11-13-17)15-8-5-4-6-9-15;1-3-4-5-10-15-14(19)17-13-8-6-12(7-9-13)16-11(2)18;1-2-3-6-9-15-14(17)16-12-10-18-13-8-5-4-7-11(12)13;1-2-3-4-7-14-13(16)15-10-5-6-11-12(8-10)18-9-17-11;1-4-5-6-7-12-11(15)13-10-8(2)14-16-9(10)3;1-2-3-4-5-12-10(14)13-8-6-11-7-9-13;1-2-3-4-6-11-10(13)12-9-5-7-14-8-9/h4-8,10-13H,2-3,9,14H2,1H3,(H2,19,20,21);4-6,8-13H,2-3,7,14H2,1H3,(H2,19,20,21);6-9H,3-5,10H2,1-2H3,(H,16,18)(H2,15,17,19);4-5,7-8,10H,2-3,6,9H2,1H3,(H2,15,16,17);5-6,8H,2-4,7,9H2,1H3,(H2,14,15,16);4-7H2,1-3H3,(H2,12,13,15);11H,2-9H2,1H3,(H,12,14);5,7-8H,2-4,6H2,1H3,(H2,11,12,13). The molecule has 31 nitrogen and oxygen atoms in total. The Morgan fingerprint density at radius 3 is 1.18 bits per heavy atom. The van der Waals surface area contributed by atoms with E-state index in [1.807, 2.05) is 142 Å². The molecule has 5 heterocycles. The van der Waals surface area contributed by atoms with E-state index in [2.05, 4.69) is 169 Å². The predicted octanol–water partition coefficient (Wildman–Crippen LogP) is 25.7. The van der Waals surface area contributed by atoms with Crippen LogP contribution in [0.15, 0.2) is 203 Å². The van der Waals surface area contributed by atoms with Crippen LogP contribution in [0.4, 0.5) is 83.9 Å². The molecule has 33 heteroatoms. The molecule has 0 atom stereocenters. The molecule has 2 aliphatic rings. The van der Waals surface area contributed by atoms with Crippen LogP contribution in [-0.2, 0) is 4.79 Å². The number of carbonyl (C=O) groups is 9. The number of nitrogens with zero attached hydrogens (tertiary/aromatic N) is 2. The number of amides is 17. The van der Waals surface area contributed by atoms with E-state index in [4.69, 9.17) is 14.0 Å². The van der Waals surface area contributed by atoms with E-state index in [1.54, 1.807) is 79.0 Å². The average Bonchev–Trinajstić information content (AvgIpc) is 1.76. The number of aryl methyl sites for hydroxylation is 2. The minimum atomic E-state index is -0.205. The van der Waals surface area contributed by atoms with Crippen molar-refractivity contribution < 1.29 is 57.1 Å². The van der Waals surface area contributed by atoms with Crippen molar-refractivity contribution in [1.82, 2.24) is 57.9 Å². The number of aromatic nitrogens is 1. The normalized spacial score (nSPS) is 11.0. The van der Waals surface area contributed by atoms with Crippen molar-refractivity contribution in [2.45, 2.75) is 230 Å². The second-order valence-corrected chi connectivity index (χ2v) is 35.0. The molecule has 1 fully saturated rings. The molecule has 17 amide bonds. The van der Waals surface area contributed by atoms with Crippen molar-refractivity contribution >= 4 is 132 Å². The van der Waals surface area contributed by atoms with Crippen LogP contribution in [0.5, 0.6) is 11.5 Å². The van der Waals surface area contributed by atoms with Gasteiger partial charge in [-0.05, 0) is 154 Å². The zero-order valence-corrected chi connectivity index (χ0v) is 86.5. The Kier molecular flexibility index (Phi) is 62.5. The van der Waals surface area contributed by atoms with Crippen LogP contribution in [0.25, 0.3) is 32.3 Å². The highest BCUT2D eigenvalue weighted by Gasteiger charge is 2.18. The van der Waals surface area contributed by atoms with Crippen molar-refractivity contribution in [3.63, 3.8) is 0 Å². The first kappa shape index (κ1) is 118. The van der Waals surface area contributed by atoms with E-state index in [1.165, 1.54) is 49.3 Å². The summed E-state index contributed by atoms with van der Waals surface area (Å²) in [6, 6.07) is 57.2. The first-order valence-electron chi connectivity index (χ1n) is 50.2. The number of para-hydroxylation sites is 1. The number of rotatable bonds is 42. The van der Waals surface area contributed by atoms with Gasteiger partial charge in [0.05, 0.1) is 17.1 Å². The fourth-order valence-electron chi connectivity index (χ4n) is 13.5. The fourth-order valence-corrected chi connectivity index (χ4v) is 15.0. The van der Waals surface area contributed by atoms with Crippen LogP contribution in [0, 0.1) is 13.8 Å². The largest absolute Gasteiger partial charge is 0.454 e. The van der Waals surface area contributed by atoms with E-state index in [0.717, 1.165) is 219 Å². The summed E-state index contributed by atoms with van der Waals surface area (Å²) in [5.74, 6) is 1.89. The average molecular weight is 1980 g/mol. The number of unbranched alkanes of at least 4 members (excludes halogenated alkanes) is 16. The Morgan fingerprint density at radius 2 is 0.730 bits per heavy atom. The Morgan fingerprint density at radius 1 is 0.355 bits per heavy atom. The maximum atomic E-state index is 11.9. The van der Waals surface area contributed by atoms with E-state index in [9.17, 15) is 43.2 Å². The van der Waals surface area contributed by atoms with E-state index >= 15 is 0 Å². The smallest absolute Gasteiger partial charge is 0.319 e. The Bertz CT molecular complexity index is 5080. The SMILES string of the molecule is CCCCCNC(=O)N1CCNCC1.CCCCCNC(=O)Nc1c(C)noc1C.CCCCCNC(=O)Nc1ccc(-c2ccccc2)cc1.CCCCCNC(=O)Nc1ccc(NC(C)=O)cc1.CCCCCNC(=O)Nc1ccc2c(c1)OCO2.CCCCCNC(=O)Nc1ccccc1-c1ccccc1.CCCCCNC(=O)Nc1ccsc1.CCCCCNC(=O)Nc1csc2ccccc12. The number of thiophene rings is 2. The molecule has 0 unspecified atom stereocenters. The highest BCUT2D eigenvalue weighted by atomic mass is 32.1. The number of piperazine rings is 1. The summed E-state index contributed by atoms with van der Waals surface area (Å²) in [7, 11) is 0. The minimum Gasteiger partial charge on any atom is -0.454 e. The van der Waals surface area contributed by atoms with E-state index in [-0.39, 0.29) is 60.9 Å². The molecule has 0 aliphatic carbocycles. The topological polar surface area (TPSA) is 406 Å². The van der Waals surface area contributed by atoms with Gasteiger partial charge in [0.15, 0.2) is 17.3 Å². The van der Waals surface area contributed by atoms with Crippen LogP contribution in [0.1, 0.15) is 228 Å². The van der Waals surface area contributed by atoms with Gasteiger partial charge in [0.2, 0.25) is 12.7 Å². The molecular weight excluding hydrogens is 1820 g/mol. The quantitative estimate of drug-likeness (QED) is 0.0158. The molecule has 10 aromatic rings. The zero-order chi connectivity index (χ0) is 102. The fraction of sp³-hybridized carbons (Fsp3) is 0.444. The second-order valence-electron chi connectivity index (χ2n) is 33.3. The Hall–Kier alpha value is -13.4. The summed E-state index contributed by atoms with van der Waals surface area (Å²) in [5.41, 5.74) is 11.3. The first-order valence-corrected chi connectivity index (χ1v) is 52.0. The van der Waals surface area contributed by atoms with Crippen molar-refractivity contribution in [2.24, 2.45) is 0 Å². The number of hydrogen-bond donors (Lipinski definition) is 17. The lowest BCUT2D eigenvalue weighted by Crippen LogP contribution is -2.50. The number of nitrogens with one attached hydrogen (secondary N) is 17. The summed E-state index contributed by atoms with van der Waals surface area (Å²) in [6.07, 6.45) is 26.7. The molecule has 1 saturated heterocycles. The summed E-state index contributed by atoms with van der Waals surface area (Å²) in [4.78, 5) is 105. The van der Waals surface area contributed by atoms with Crippen LogP contribution in [-0.4, -0.2) is 150 Å². The Labute approximate surface area is 843 Å². The molecule has 0 bridgehead atoms. The molecule has 141 heavy (non-hydrogen) atoms. The molecule has 0 radical (unpaired) electrons. The first-order chi connectivity index (χ1) is 68.6. The number of ether oxygens (including phenoxy) is 2. The molecule has 2 aliphatic heterocycles.